The first-order valence-corrected chi connectivity index (χ1v) is 9.57. The highest BCUT2D eigenvalue weighted by atomic mass is 32.2. The van der Waals surface area contributed by atoms with Gasteiger partial charge in [-0.1, -0.05) is 13.3 Å². The molecule has 1 heterocycles. The van der Waals surface area contributed by atoms with Crippen LogP contribution in [0.3, 0.4) is 0 Å². The van der Waals surface area contributed by atoms with Gasteiger partial charge in [-0.05, 0) is 37.6 Å². The second-order valence-electron chi connectivity index (χ2n) is 5.77. The fourth-order valence-corrected chi connectivity index (χ4v) is 3.71. The molecule has 1 aromatic rings. The maximum absolute atomic E-state index is 12.5. The van der Waals surface area contributed by atoms with Crippen LogP contribution in [0.15, 0.2) is 24.3 Å². The average molecular weight is 340 g/mol. The lowest BCUT2D eigenvalue weighted by molar-refractivity contribution is 0.00359. The number of morpholine rings is 1. The number of nitrogens with one attached hydrogen (secondary N) is 1. The van der Waals surface area contributed by atoms with Crippen molar-refractivity contribution >= 4 is 21.6 Å². The summed E-state index contributed by atoms with van der Waals surface area (Å²) in [6.45, 7) is 5.56. The van der Waals surface area contributed by atoms with Crippen LogP contribution in [0.2, 0.25) is 0 Å². The Labute approximate surface area is 137 Å². The summed E-state index contributed by atoms with van der Waals surface area (Å²) in [6, 6.07) is 6.61. The summed E-state index contributed by atoms with van der Waals surface area (Å²) in [5.74, 6) is 0.0522. The summed E-state index contributed by atoms with van der Waals surface area (Å²) in [5.41, 5.74) is 1.03. The number of unbranched alkanes of at least 4 members (excludes halogenated alkanes) is 1. The predicted molar refractivity (Wildman–Crippen MR) is 90.1 cm³/mol. The summed E-state index contributed by atoms with van der Waals surface area (Å²) < 4.78 is 31.6. The Morgan fingerprint density at radius 3 is 2.65 bits per heavy atom. The molecule has 6 nitrogen and oxygen atoms in total. The van der Waals surface area contributed by atoms with Gasteiger partial charge in [0.1, 0.15) is 0 Å². The third-order valence-electron chi connectivity index (χ3n) is 3.80. The topological polar surface area (TPSA) is 75.7 Å². The van der Waals surface area contributed by atoms with Crippen molar-refractivity contribution in [3.8, 4) is 0 Å². The van der Waals surface area contributed by atoms with E-state index in [4.69, 9.17) is 4.74 Å². The molecule has 0 radical (unpaired) electrons. The van der Waals surface area contributed by atoms with Crippen molar-refractivity contribution in [1.29, 1.82) is 0 Å². The van der Waals surface area contributed by atoms with Gasteiger partial charge < -0.3 is 9.64 Å². The van der Waals surface area contributed by atoms with Crippen molar-refractivity contribution in [1.82, 2.24) is 4.90 Å². The Morgan fingerprint density at radius 1 is 1.35 bits per heavy atom. The number of ether oxygens (including phenoxy) is 1. The van der Waals surface area contributed by atoms with Crippen LogP contribution in [0.25, 0.3) is 0 Å². The zero-order chi connectivity index (χ0) is 16.9. The Balaban J connectivity index is 2.03. The van der Waals surface area contributed by atoms with Crippen molar-refractivity contribution in [2.75, 3.05) is 30.2 Å². The molecular weight excluding hydrogens is 316 g/mol. The van der Waals surface area contributed by atoms with Crippen LogP contribution in [0, 0.1) is 0 Å². The molecule has 1 atom stereocenters. The number of hydrogen-bond donors (Lipinski definition) is 1. The van der Waals surface area contributed by atoms with Crippen molar-refractivity contribution < 1.29 is 17.9 Å². The van der Waals surface area contributed by atoms with E-state index in [1.54, 1.807) is 29.2 Å². The maximum atomic E-state index is 12.5. The molecule has 23 heavy (non-hydrogen) atoms. The Hall–Kier alpha value is -1.60. The van der Waals surface area contributed by atoms with Gasteiger partial charge in [0.2, 0.25) is 10.0 Å². The van der Waals surface area contributed by atoms with Gasteiger partial charge in [0.25, 0.3) is 5.91 Å². The number of carbonyl (C=O) groups excluding carboxylic acids is 1. The maximum Gasteiger partial charge on any atom is 0.254 e. The molecular formula is C16H24N2O4S. The number of sulfonamides is 1. The third-order valence-corrected chi connectivity index (χ3v) is 5.17. The van der Waals surface area contributed by atoms with Crippen LogP contribution < -0.4 is 4.72 Å². The van der Waals surface area contributed by atoms with E-state index in [1.165, 1.54) is 0 Å². The van der Waals surface area contributed by atoms with Crippen LogP contribution in [0.4, 0.5) is 5.69 Å². The van der Waals surface area contributed by atoms with E-state index < -0.39 is 10.0 Å². The van der Waals surface area contributed by atoms with Crippen molar-refractivity contribution in [2.45, 2.75) is 32.7 Å². The minimum Gasteiger partial charge on any atom is -0.377 e. The van der Waals surface area contributed by atoms with Gasteiger partial charge in [-0.15, -0.1) is 0 Å². The highest BCUT2D eigenvalue weighted by molar-refractivity contribution is 7.92. The van der Waals surface area contributed by atoms with Gasteiger partial charge in [-0.3, -0.25) is 9.52 Å². The van der Waals surface area contributed by atoms with Gasteiger partial charge >= 0.3 is 0 Å². The molecule has 0 saturated carbocycles. The second-order valence-corrected chi connectivity index (χ2v) is 7.62. The SMILES string of the molecule is CCCCS(=O)(=O)Nc1ccc(C(=O)N2CCOCC2C)cc1. The molecule has 0 aromatic heterocycles. The third kappa shape index (κ3) is 4.94. The van der Waals surface area contributed by atoms with E-state index in [-0.39, 0.29) is 17.7 Å². The van der Waals surface area contributed by atoms with Crippen molar-refractivity contribution in [3.63, 3.8) is 0 Å². The van der Waals surface area contributed by atoms with E-state index in [9.17, 15) is 13.2 Å². The molecule has 1 amide bonds. The van der Waals surface area contributed by atoms with Crippen LogP contribution in [-0.4, -0.2) is 50.8 Å². The molecule has 0 aliphatic carbocycles. The van der Waals surface area contributed by atoms with Crippen LogP contribution >= 0.6 is 0 Å². The molecule has 0 spiro atoms. The fourth-order valence-electron chi connectivity index (χ4n) is 2.44. The smallest absolute Gasteiger partial charge is 0.254 e. The first-order chi connectivity index (χ1) is 10.9. The van der Waals surface area contributed by atoms with Crippen LogP contribution in [0.5, 0.6) is 0 Å². The molecule has 1 N–H and O–H groups in total. The summed E-state index contributed by atoms with van der Waals surface area (Å²) in [7, 11) is -3.32. The van der Waals surface area contributed by atoms with E-state index >= 15 is 0 Å². The minimum atomic E-state index is -3.32. The number of nitrogens with zero attached hydrogens (tertiary/aromatic N) is 1. The molecule has 128 valence electrons. The minimum absolute atomic E-state index is 0.0449. The largest absolute Gasteiger partial charge is 0.377 e. The summed E-state index contributed by atoms with van der Waals surface area (Å²) in [6.07, 6.45) is 1.45. The van der Waals surface area contributed by atoms with Gasteiger partial charge in [0.15, 0.2) is 0 Å². The summed E-state index contributed by atoms with van der Waals surface area (Å²) >= 11 is 0. The highest BCUT2D eigenvalue weighted by Crippen LogP contribution is 2.16. The molecule has 7 heteroatoms. The molecule has 2 rings (SSSR count). The van der Waals surface area contributed by atoms with Crippen molar-refractivity contribution in [2.24, 2.45) is 0 Å². The Morgan fingerprint density at radius 2 is 2.04 bits per heavy atom. The number of rotatable bonds is 6. The van der Waals surface area contributed by atoms with Gasteiger partial charge in [-0.2, -0.15) is 0 Å². The lowest BCUT2D eigenvalue weighted by Gasteiger charge is -2.33. The standard InChI is InChI=1S/C16H24N2O4S/c1-3-4-11-23(20,21)17-15-7-5-14(6-8-15)16(19)18-9-10-22-12-13(18)2/h5-8,13,17H,3-4,9-12H2,1-2H3. The molecule has 1 fully saturated rings. The molecule has 1 saturated heterocycles. The molecule has 1 aliphatic heterocycles. The number of benzene rings is 1. The quantitative estimate of drug-likeness (QED) is 0.860. The Bertz CT molecular complexity index is 628. The zero-order valence-electron chi connectivity index (χ0n) is 13.6. The molecule has 1 aliphatic rings. The van der Waals surface area contributed by atoms with Crippen LogP contribution in [-0.2, 0) is 14.8 Å². The average Bonchev–Trinajstić information content (AvgIpc) is 2.53. The normalized spacial score (nSPS) is 18.7. The fraction of sp³-hybridized carbons (Fsp3) is 0.562. The van der Waals surface area contributed by atoms with E-state index in [1.807, 2.05) is 13.8 Å². The second kappa shape index (κ2) is 7.79. The first kappa shape index (κ1) is 17.7. The van der Waals surface area contributed by atoms with Gasteiger partial charge in [0.05, 0.1) is 25.0 Å². The monoisotopic (exact) mass is 340 g/mol. The van der Waals surface area contributed by atoms with Gasteiger partial charge in [0, 0.05) is 17.8 Å². The Kier molecular flexibility index (Phi) is 6.01. The molecule has 1 aromatic carbocycles. The number of anilines is 1. The predicted octanol–water partition coefficient (Wildman–Crippen LogP) is 2.09. The summed E-state index contributed by atoms with van der Waals surface area (Å²) in [5, 5.41) is 0. The van der Waals surface area contributed by atoms with Crippen LogP contribution in [0.1, 0.15) is 37.0 Å². The lowest BCUT2D eigenvalue weighted by Crippen LogP contribution is -2.47. The molecule has 1 unspecified atom stereocenters. The molecule has 0 bridgehead atoms. The van der Waals surface area contributed by atoms with Crippen molar-refractivity contribution in [3.05, 3.63) is 29.8 Å². The number of carbonyl (C=O) groups is 1. The number of amides is 1. The lowest BCUT2D eigenvalue weighted by atomic mass is 10.1. The zero-order valence-corrected chi connectivity index (χ0v) is 14.4. The van der Waals surface area contributed by atoms with E-state index in [2.05, 4.69) is 4.72 Å². The van der Waals surface area contributed by atoms with E-state index in [0.717, 1.165) is 6.42 Å². The van der Waals surface area contributed by atoms with Gasteiger partial charge in [-0.25, -0.2) is 8.42 Å². The highest BCUT2D eigenvalue weighted by Gasteiger charge is 2.24. The van der Waals surface area contributed by atoms with E-state index in [0.29, 0.717) is 37.4 Å². The number of hydrogen-bond acceptors (Lipinski definition) is 4. The summed E-state index contributed by atoms with van der Waals surface area (Å²) in [4.78, 5) is 14.3. The first-order valence-electron chi connectivity index (χ1n) is 7.92.